The third-order valence-electron chi connectivity index (χ3n) is 2.38. The van der Waals surface area contributed by atoms with E-state index in [-0.39, 0.29) is 0 Å². The number of aliphatic imine (C=N–C) groups is 1. The highest BCUT2D eigenvalue weighted by Gasteiger charge is 1.94. The Balaban J connectivity index is 2.06. The summed E-state index contributed by atoms with van der Waals surface area (Å²) in [6.45, 7) is 0. The molecule has 0 heterocycles. The molecule has 0 aliphatic heterocycles. The summed E-state index contributed by atoms with van der Waals surface area (Å²) >= 11 is 0. The van der Waals surface area contributed by atoms with E-state index in [1.54, 1.807) is 6.34 Å². The fourth-order valence-electron chi connectivity index (χ4n) is 1.51. The second-order valence-corrected chi connectivity index (χ2v) is 3.54. The molecule has 0 atom stereocenters. The second-order valence-electron chi connectivity index (χ2n) is 3.54. The predicted molar refractivity (Wildman–Crippen MR) is 74.2 cm³/mol. The van der Waals surface area contributed by atoms with E-state index in [4.69, 9.17) is 0 Å². The molecule has 0 aliphatic rings. The van der Waals surface area contributed by atoms with E-state index in [2.05, 4.69) is 15.6 Å². The van der Waals surface area contributed by atoms with Crippen molar-refractivity contribution in [3.63, 3.8) is 0 Å². The fourth-order valence-corrected chi connectivity index (χ4v) is 1.51. The number of hydrogen-bond acceptors (Lipinski definition) is 2. The number of nitrogens with one attached hydrogen (secondary N) is 2. The van der Waals surface area contributed by atoms with Gasteiger partial charge in [-0.3, -0.25) is 0 Å². The van der Waals surface area contributed by atoms with Crippen molar-refractivity contribution in [3.8, 4) is 0 Å². The maximum atomic E-state index is 4.37. The minimum atomic E-state index is 0.915. The summed E-state index contributed by atoms with van der Waals surface area (Å²) in [5, 5.41) is 6.23. The average Bonchev–Trinajstić information content (AvgIpc) is 2.40. The summed E-state index contributed by atoms with van der Waals surface area (Å²) in [7, 11) is 1.89. The van der Waals surface area contributed by atoms with E-state index >= 15 is 0 Å². The lowest BCUT2D eigenvalue weighted by Gasteiger charge is -2.04. The van der Waals surface area contributed by atoms with Crippen LogP contribution < -0.4 is 10.6 Å². The molecule has 3 nitrogen and oxygen atoms in total. The molecule has 0 spiro atoms. The molecule has 0 bridgehead atoms. The van der Waals surface area contributed by atoms with Crippen LogP contribution in [0.2, 0.25) is 0 Å². The Morgan fingerprint density at radius 2 is 1.65 bits per heavy atom. The highest BCUT2D eigenvalue weighted by molar-refractivity contribution is 5.80. The van der Waals surface area contributed by atoms with Gasteiger partial charge in [-0.15, -0.1) is 0 Å². The van der Waals surface area contributed by atoms with E-state index in [1.165, 1.54) is 0 Å². The van der Waals surface area contributed by atoms with Crippen molar-refractivity contribution in [1.82, 2.24) is 0 Å². The van der Waals surface area contributed by atoms with Gasteiger partial charge in [0.25, 0.3) is 0 Å². The van der Waals surface area contributed by atoms with Crippen LogP contribution in [0, 0.1) is 0 Å². The van der Waals surface area contributed by atoms with Crippen LogP contribution in [-0.4, -0.2) is 13.4 Å². The Bertz CT molecular complexity index is 492. The first-order chi connectivity index (χ1) is 8.40. The monoisotopic (exact) mass is 225 g/mol. The zero-order valence-corrected chi connectivity index (χ0v) is 9.72. The maximum Gasteiger partial charge on any atom is 0.0931 e. The van der Waals surface area contributed by atoms with Crippen LogP contribution in [0.5, 0.6) is 0 Å². The van der Waals surface area contributed by atoms with E-state index in [1.807, 2.05) is 61.6 Å². The SMILES string of the molecule is CNc1ccccc1N=CNc1ccccc1. The Hall–Kier alpha value is -2.29. The van der Waals surface area contributed by atoms with Gasteiger partial charge in [-0.05, 0) is 24.3 Å². The predicted octanol–water partition coefficient (Wildman–Crippen LogP) is 3.50. The minimum absolute atomic E-state index is 0.915. The molecule has 0 unspecified atom stereocenters. The maximum absolute atomic E-state index is 4.37. The molecule has 0 fully saturated rings. The van der Waals surface area contributed by atoms with Crippen molar-refractivity contribution < 1.29 is 0 Å². The Morgan fingerprint density at radius 1 is 0.941 bits per heavy atom. The van der Waals surface area contributed by atoms with Gasteiger partial charge in [-0.1, -0.05) is 30.3 Å². The van der Waals surface area contributed by atoms with Crippen molar-refractivity contribution in [2.24, 2.45) is 4.99 Å². The molecule has 2 aromatic rings. The molecule has 0 saturated heterocycles. The molecule has 2 aromatic carbocycles. The minimum Gasteiger partial charge on any atom is -0.386 e. The van der Waals surface area contributed by atoms with Gasteiger partial charge in [0.2, 0.25) is 0 Å². The van der Waals surface area contributed by atoms with Gasteiger partial charge in [-0.2, -0.15) is 0 Å². The zero-order valence-electron chi connectivity index (χ0n) is 9.72. The molecule has 0 amide bonds. The lowest BCUT2D eigenvalue weighted by molar-refractivity contribution is 1.45. The molecule has 0 aliphatic carbocycles. The van der Waals surface area contributed by atoms with Crippen LogP contribution in [-0.2, 0) is 0 Å². The van der Waals surface area contributed by atoms with Crippen molar-refractivity contribution in [2.45, 2.75) is 0 Å². The molecule has 3 heteroatoms. The van der Waals surface area contributed by atoms with Crippen LogP contribution in [0.4, 0.5) is 17.1 Å². The summed E-state index contributed by atoms with van der Waals surface area (Å²) < 4.78 is 0. The first kappa shape index (κ1) is 11.2. The van der Waals surface area contributed by atoms with Crippen LogP contribution in [0.1, 0.15) is 0 Å². The summed E-state index contributed by atoms with van der Waals surface area (Å²) in [5.41, 5.74) is 2.95. The van der Waals surface area contributed by atoms with E-state index < -0.39 is 0 Å². The van der Waals surface area contributed by atoms with Crippen LogP contribution in [0.15, 0.2) is 59.6 Å². The van der Waals surface area contributed by atoms with Gasteiger partial charge in [-0.25, -0.2) is 4.99 Å². The number of nitrogens with zero attached hydrogens (tertiary/aromatic N) is 1. The highest BCUT2D eigenvalue weighted by atomic mass is 15.0. The summed E-state index contributed by atoms with van der Waals surface area (Å²) in [6, 6.07) is 17.9. The lowest BCUT2D eigenvalue weighted by Crippen LogP contribution is -1.94. The quantitative estimate of drug-likeness (QED) is 0.617. The molecule has 17 heavy (non-hydrogen) atoms. The lowest BCUT2D eigenvalue weighted by atomic mass is 10.3. The third-order valence-corrected chi connectivity index (χ3v) is 2.38. The number of hydrogen-bond donors (Lipinski definition) is 2. The fraction of sp³-hybridized carbons (Fsp3) is 0.0714. The first-order valence-corrected chi connectivity index (χ1v) is 5.51. The van der Waals surface area contributed by atoms with Crippen LogP contribution >= 0.6 is 0 Å². The standard InChI is InChI=1S/C14H15N3/c1-15-13-9-5-6-10-14(13)17-11-16-12-7-3-2-4-8-12/h2-11,15H,1H3,(H,16,17). The third kappa shape index (κ3) is 3.08. The number of rotatable bonds is 4. The van der Waals surface area contributed by atoms with Crippen molar-refractivity contribution >= 4 is 23.4 Å². The average molecular weight is 225 g/mol. The number of anilines is 2. The summed E-state index contributed by atoms with van der Waals surface area (Å²) in [4.78, 5) is 4.37. The van der Waals surface area contributed by atoms with E-state index in [9.17, 15) is 0 Å². The van der Waals surface area contributed by atoms with Crippen molar-refractivity contribution in [3.05, 3.63) is 54.6 Å². The van der Waals surface area contributed by atoms with Gasteiger partial charge in [0.05, 0.1) is 17.7 Å². The first-order valence-electron chi connectivity index (χ1n) is 5.51. The Kier molecular flexibility index (Phi) is 3.76. The molecule has 86 valence electrons. The molecule has 2 N–H and O–H groups in total. The summed E-state index contributed by atoms with van der Waals surface area (Å²) in [5.74, 6) is 0. The summed E-state index contributed by atoms with van der Waals surface area (Å²) in [6.07, 6.45) is 1.70. The molecule has 0 saturated carbocycles. The van der Waals surface area contributed by atoms with E-state index in [0.29, 0.717) is 0 Å². The molecule has 0 aromatic heterocycles. The Morgan fingerprint density at radius 3 is 2.41 bits per heavy atom. The largest absolute Gasteiger partial charge is 0.386 e. The number of para-hydroxylation sites is 3. The van der Waals surface area contributed by atoms with Gasteiger partial charge in [0, 0.05) is 12.7 Å². The normalized spacial score (nSPS) is 10.4. The molecular formula is C14H15N3. The van der Waals surface area contributed by atoms with Crippen molar-refractivity contribution in [1.29, 1.82) is 0 Å². The zero-order chi connectivity index (χ0) is 11.9. The second kappa shape index (κ2) is 5.70. The molecule has 2 rings (SSSR count). The molecule has 0 radical (unpaired) electrons. The topological polar surface area (TPSA) is 36.4 Å². The van der Waals surface area contributed by atoms with Gasteiger partial charge >= 0.3 is 0 Å². The van der Waals surface area contributed by atoms with Crippen molar-refractivity contribution in [2.75, 3.05) is 17.7 Å². The highest BCUT2D eigenvalue weighted by Crippen LogP contribution is 2.22. The van der Waals surface area contributed by atoms with Gasteiger partial charge in [0.15, 0.2) is 0 Å². The van der Waals surface area contributed by atoms with Crippen LogP contribution in [0.3, 0.4) is 0 Å². The molecular weight excluding hydrogens is 210 g/mol. The van der Waals surface area contributed by atoms with Gasteiger partial charge in [0.1, 0.15) is 0 Å². The van der Waals surface area contributed by atoms with Crippen LogP contribution in [0.25, 0.3) is 0 Å². The Labute approximate surface area is 101 Å². The van der Waals surface area contributed by atoms with E-state index in [0.717, 1.165) is 17.1 Å². The van der Waals surface area contributed by atoms with Gasteiger partial charge < -0.3 is 10.6 Å². The number of benzene rings is 2. The smallest absolute Gasteiger partial charge is 0.0931 e.